The fourth-order valence-electron chi connectivity index (χ4n) is 1.68. The van der Waals surface area contributed by atoms with Crippen molar-refractivity contribution in [3.63, 3.8) is 0 Å². The minimum atomic E-state index is -1.54. The van der Waals surface area contributed by atoms with Gasteiger partial charge in [-0.3, -0.25) is 4.79 Å². The monoisotopic (exact) mass is 192 g/mol. The molecule has 74 valence electrons. The third-order valence-electron chi connectivity index (χ3n) is 2.78. The molecule has 14 heavy (non-hydrogen) atoms. The summed E-state index contributed by atoms with van der Waals surface area (Å²) in [5.74, 6) is -0.270. The van der Waals surface area contributed by atoms with Crippen molar-refractivity contribution in [3.05, 3.63) is 35.9 Å². The lowest BCUT2D eigenvalue weighted by molar-refractivity contribution is -0.168. The molecule has 2 rings (SSSR count). The highest BCUT2D eigenvalue weighted by Crippen LogP contribution is 2.38. The minimum absolute atomic E-state index is 0.270. The normalized spacial score (nSPS) is 28.3. The van der Waals surface area contributed by atoms with E-state index in [9.17, 15) is 15.0 Å². The van der Waals surface area contributed by atoms with Crippen LogP contribution in [0.3, 0.4) is 0 Å². The summed E-state index contributed by atoms with van der Waals surface area (Å²) in [7, 11) is 0. The summed E-state index contributed by atoms with van der Waals surface area (Å²) in [6.45, 7) is 0. The lowest BCUT2D eigenvalue weighted by Gasteiger charge is -2.38. The maximum Gasteiger partial charge on any atom is 0.167 e. The van der Waals surface area contributed by atoms with Gasteiger partial charge in [0.05, 0.1) is 0 Å². The quantitative estimate of drug-likeness (QED) is 0.729. The highest BCUT2D eigenvalue weighted by Gasteiger charge is 2.50. The van der Waals surface area contributed by atoms with E-state index < -0.39 is 11.7 Å². The second-order valence-electron chi connectivity index (χ2n) is 3.66. The third-order valence-corrected chi connectivity index (χ3v) is 2.78. The number of hydrogen-bond acceptors (Lipinski definition) is 3. The van der Waals surface area contributed by atoms with Crippen molar-refractivity contribution in [3.8, 4) is 0 Å². The first kappa shape index (κ1) is 9.37. The average Bonchev–Trinajstić information content (AvgIpc) is 2.26. The van der Waals surface area contributed by atoms with Gasteiger partial charge < -0.3 is 10.2 Å². The van der Waals surface area contributed by atoms with Crippen molar-refractivity contribution in [2.24, 2.45) is 0 Å². The van der Waals surface area contributed by atoms with Gasteiger partial charge in [-0.1, -0.05) is 30.3 Å². The number of aliphatic hydroxyl groups is 2. The highest BCUT2D eigenvalue weighted by atomic mass is 16.4. The SMILES string of the molecule is O=C1CC[C@@]1(O)C(O)c1ccccc1. The van der Waals surface area contributed by atoms with Crippen LogP contribution >= 0.6 is 0 Å². The van der Waals surface area contributed by atoms with E-state index in [2.05, 4.69) is 0 Å². The predicted molar refractivity (Wildman–Crippen MR) is 50.6 cm³/mol. The first-order valence-electron chi connectivity index (χ1n) is 4.63. The van der Waals surface area contributed by atoms with Gasteiger partial charge >= 0.3 is 0 Å². The van der Waals surface area contributed by atoms with Crippen molar-refractivity contribution in [1.29, 1.82) is 0 Å². The van der Waals surface area contributed by atoms with Crippen LogP contribution in [-0.2, 0) is 4.79 Å². The topological polar surface area (TPSA) is 57.5 Å². The van der Waals surface area contributed by atoms with E-state index in [1.54, 1.807) is 24.3 Å². The van der Waals surface area contributed by atoms with Crippen LogP contribution < -0.4 is 0 Å². The number of rotatable bonds is 2. The molecule has 1 aromatic rings. The minimum Gasteiger partial charge on any atom is -0.385 e. The summed E-state index contributed by atoms with van der Waals surface area (Å²) >= 11 is 0. The molecule has 1 aliphatic rings. The highest BCUT2D eigenvalue weighted by molar-refractivity contribution is 5.93. The molecule has 3 nitrogen and oxygen atoms in total. The van der Waals surface area contributed by atoms with E-state index in [1.165, 1.54) is 0 Å². The van der Waals surface area contributed by atoms with Gasteiger partial charge in [0.15, 0.2) is 11.4 Å². The number of carbonyl (C=O) groups is 1. The zero-order chi connectivity index (χ0) is 10.2. The summed E-state index contributed by atoms with van der Waals surface area (Å²) in [5.41, 5.74) is -0.954. The van der Waals surface area contributed by atoms with Crippen LogP contribution in [0.1, 0.15) is 24.5 Å². The summed E-state index contributed by atoms with van der Waals surface area (Å²) in [4.78, 5) is 11.2. The van der Waals surface area contributed by atoms with Crippen LogP contribution in [0.15, 0.2) is 30.3 Å². The Morgan fingerprint density at radius 2 is 1.93 bits per heavy atom. The smallest absolute Gasteiger partial charge is 0.167 e. The second-order valence-corrected chi connectivity index (χ2v) is 3.66. The summed E-state index contributed by atoms with van der Waals surface area (Å²) in [5, 5.41) is 19.6. The van der Waals surface area contributed by atoms with Gasteiger partial charge in [-0.05, 0) is 12.0 Å². The molecule has 0 aliphatic heterocycles. The summed E-state index contributed by atoms with van der Waals surface area (Å²) in [6, 6.07) is 8.77. The average molecular weight is 192 g/mol. The molecule has 1 saturated carbocycles. The second kappa shape index (κ2) is 3.19. The van der Waals surface area contributed by atoms with Crippen molar-refractivity contribution in [2.75, 3.05) is 0 Å². The molecular weight excluding hydrogens is 180 g/mol. The number of carbonyl (C=O) groups excluding carboxylic acids is 1. The van der Waals surface area contributed by atoms with Gasteiger partial charge in [0.1, 0.15) is 6.10 Å². The van der Waals surface area contributed by atoms with E-state index in [0.29, 0.717) is 18.4 Å². The van der Waals surface area contributed by atoms with Crippen molar-refractivity contribution >= 4 is 5.78 Å². The fraction of sp³-hybridized carbons (Fsp3) is 0.364. The van der Waals surface area contributed by atoms with Crippen LogP contribution in [0.5, 0.6) is 0 Å². The molecule has 1 aromatic carbocycles. The maximum absolute atomic E-state index is 11.2. The molecule has 0 heterocycles. The van der Waals surface area contributed by atoms with Gasteiger partial charge in [-0.15, -0.1) is 0 Å². The molecular formula is C11H12O3. The molecule has 0 amide bonds. The zero-order valence-corrected chi connectivity index (χ0v) is 7.68. The Balaban J connectivity index is 2.24. The molecule has 0 saturated heterocycles. The molecule has 2 N–H and O–H groups in total. The lowest BCUT2D eigenvalue weighted by atomic mass is 9.73. The molecule has 0 bridgehead atoms. The first-order chi connectivity index (χ1) is 6.64. The van der Waals surface area contributed by atoms with E-state index >= 15 is 0 Å². The Morgan fingerprint density at radius 3 is 2.36 bits per heavy atom. The molecule has 2 atom stereocenters. The molecule has 3 heteroatoms. The molecule has 1 unspecified atom stereocenters. The largest absolute Gasteiger partial charge is 0.385 e. The number of Topliss-reactive ketones (excluding diaryl/α,β-unsaturated/α-hetero) is 1. The Labute approximate surface area is 82.0 Å². The van der Waals surface area contributed by atoms with Gasteiger partial charge in [0, 0.05) is 6.42 Å². The van der Waals surface area contributed by atoms with E-state index in [-0.39, 0.29) is 5.78 Å². The Hall–Kier alpha value is -1.19. The standard InChI is InChI=1S/C11H12O3/c12-9-6-7-11(9,14)10(13)8-4-2-1-3-5-8/h1-5,10,13-14H,6-7H2/t10?,11-/m0/s1. The number of hydrogen-bond donors (Lipinski definition) is 2. The van der Waals surface area contributed by atoms with Gasteiger partial charge in [0.2, 0.25) is 0 Å². The Bertz CT molecular complexity index is 347. The molecule has 0 aromatic heterocycles. The van der Waals surface area contributed by atoms with Crippen LogP contribution in [0.2, 0.25) is 0 Å². The fourth-order valence-corrected chi connectivity index (χ4v) is 1.68. The molecule has 0 spiro atoms. The van der Waals surface area contributed by atoms with Crippen LogP contribution in [0.4, 0.5) is 0 Å². The zero-order valence-electron chi connectivity index (χ0n) is 7.68. The molecule has 1 aliphatic carbocycles. The third kappa shape index (κ3) is 1.25. The van der Waals surface area contributed by atoms with Gasteiger partial charge in [-0.2, -0.15) is 0 Å². The molecule has 1 fully saturated rings. The van der Waals surface area contributed by atoms with Crippen LogP contribution in [0, 0.1) is 0 Å². The predicted octanol–water partition coefficient (Wildman–Crippen LogP) is 0.814. The van der Waals surface area contributed by atoms with Gasteiger partial charge in [0.25, 0.3) is 0 Å². The van der Waals surface area contributed by atoms with Crippen molar-refractivity contribution < 1.29 is 15.0 Å². The maximum atomic E-state index is 11.2. The van der Waals surface area contributed by atoms with Crippen molar-refractivity contribution in [1.82, 2.24) is 0 Å². The first-order valence-corrected chi connectivity index (χ1v) is 4.63. The Morgan fingerprint density at radius 1 is 1.29 bits per heavy atom. The number of benzene rings is 1. The van der Waals surface area contributed by atoms with E-state index in [1.807, 2.05) is 6.07 Å². The van der Waals surface area contributed by atoms with E-state index in [0.717, 1.165) is 0 Å². The Kier molecular flexibility index (Phi) is 2.13. The van der Waals surface area contributed by atoms with Crippen LogP contribution in [0.25, 0.3) is 0 Å². The number of aliphatic hydroxyl groups excluding tert-OH is 1. The van der Waals surface area contributed by atoms with Crippen LogP contribution in [-0.4, -0.2) is 21.6 Å². The van der Waals surface area contributed by atoms with E-state index in [4.69, 9.17) is 0 Å². The summed E-state index contributed by atoms with van der Waals surface area (Å²) in [6.07, 6.45) is -0.382. The lowest BCUT2D eigenvalue weighted by Crippen LogP contribution is -2.52. The van der Waals surface area contributed by atoms with Crippen molar-refractivity contribution in [2.45, 2.75) is 24.5 Å². The molecule has 0 radical (unpaired) electrons. The number of ketones is 1. The van der Waals surface area contributed by atoms with Gasteiger partial charge in [-0.25, -0.2) is 0 Å². The summed E-state index contributed by atoms with van der Waals surface area (Å²) < 4.78 is 0.